The average molecular weight is 254 g/mol. The Morgan fingerprint density at radius 1 is 1.29 bits per heavy atom. The predicted octanol–water partition coefficient (Wildman–Crippen LogP) is 1.45. The van der Waals surface area contributed by atoms with Crippen molar-refractivity contribution in [1.29, 1.82) is 0 Å². The van der Waals surface area contributed by atoms with Crippen LogP contribution in [0.5, 0.6) is 5.75 Å². The zero-order valence-corrected chi connectivity index (χ0v) is 10.4. The average Bonchev–Trinajstić information content (AvgIpc) is 3.12. The summed E-state index contributed by atoms with van der Waals surface area (Å²) < 4.78 is 28.8. The molecule has 0 unspecified atom stereocenters. The maximum absolute atomic E-state index is 11.9. The van der Waals surface area contributed by atoms with Gasteiger partial charge in [0.05, 0.1) is 12.0 Å². The first-order valence-corrected chi connectivity index (χ1v) is 7.07. The highest BCUT2D eigenvalue weighted by Gasteiger charge is 2.32. The number of ketones is 1. The molecule has 1 aromatic carbocycles. The van der Waals surface area contributed by atoms with Gasteiger partial charge in [0, 0.05) is 5.92 Å². The minimum absolute atomic E-state index is 0.0250. The number of benzene rings is 1. The molecule has 1 saturated carbocycles. The number of sulfone groups is 1. The van der Waals surface area contributed by atoms with E-state index >= 15 is 0 Å². The number of Topliss-reactive ketones (excluding diaryl/α,β-unsaturated/α-hetero) is 1. The Morgan fingerprint density at radius 2 is 1.88 bits per heavy atom. The first-order valence-electron chi connectivity index (χ1n) is 5.42. The summed E-state index contributed by atoms with van der Waals surface area (Å²) in [5.74, 6) is 0.0191. The molecule has 0 N–H and O–H groups in total. The van der Waals surface area contributed by atoms with Crippen LogP contribution in [0.4, 0.5) is 0 Å². The van der Waals surface area contributed by atoms with Crippen molar-refractivity contribution in [3.8, 4) is 5.75 Å². The quantitative estimate of drug-likeness (QED) is 0.798. The summed E-state index contributed by atoms with van der Waals surface area (Å²) in [4.78, 5) is 11.7. The molecule has 0 atom stereocenters. The van der Waals surface area contributed by atoms with Crippen LogP contribution in [0.1, 0.15) is 12.8 Å². The van der Waals surface area contributed by atoms with Crippen LogP contribution in [0.3, 0.4) is 0 Å². The lowest BCUT2D eigenvalue weighted by molar-refractivity contribution is -0.117. The fraction of sp³-hybridized carbons (Fsp3) is 0.417. The maximum atomic E-state index is 11.9. The molecular formula is C12H14O4S. The highest BCUT2D eigenvalue weighted by molar-refractivity contribution is 7.92. The number of rotatable bonds is 5. The van der Waals surface area contributed by atoms with E-state index in [0.29, 0.717) is 5.75 Å². The zero-order valence-electron chi connectivity index (χ0n) is 9.55. The van der Waals surface area contributed by atoms with Gasteiger partial charge in [0.25, 0.3) is 0 Å². The number of carbonyl (C=O) groups excluding carboxylic acids is 1. The molecule has 0 spiro atoms. The van der Waals surface area contributed by atoms with Gasteiger partial charge in [-0.25, -0.2) is 8.42 Å². The summed E-state index contributed by atoms with van der Waals surface area (Å²) in [6, 6.07) is 6.09. The first-order chi connectivity index (χ1) is 8.03. The molecular weight excluding hydrogens is 240 g/mol. The second-order valence-electron chi connectivity index (χ2n) is 4.18. The van der Waals surface area contributed by atoms with Gasteiger partial charge in [0.1, 0.15) is 11.5 Å². The van der Waals surface area contributed by atoms with E-state index in [1.165, 1.54) is 19.2 Å². The van der Waals surface area contributed by atoms with Crippen LogP contribution >= 0.6 is 0 Å². The minimum Gasteiger partial charge on any atom is -0.497 e. The molecule has 0 aromatic heterocycles. The number of hydrogen-bond acceptors (Lipinski definition) is 4. The molecule has 1 aliphatic rings. The lowest BCUT2D eigenvalue weighted by Gasteiger charge is -2.04. The summed E-state index contributed by atoms with van der Waals surface area (Å²) in [6.45, 7) is 0. The maximum Gasteiger partial charge on any atom is 0.185 e. The Balaban J connectivity index is 2.15. The molecule has 0 saturated heterocycles. The van der Waals surface area contributed by atoms with E-state index in [-0.39, 0.29) is 22.3 Å². The Morgan fingerprint density at radius 3 is 2.35 bits per heavy atom. The summed E-state index contributed by atoms with van der Waals surface area (Å²) in [7, 11) is -1.98. The molecule has 92 valence electrons. The molecule has 1 aromatic rings. The molecule has 0 aliphatic heterocycles. The van der Waals surface area contributed by atoms with Gasteiger partial charge < -0.3 is 4.74 Å². The molecule has 1 aliphatic carbocycles. The summed E-state index contributed by atoms with van der Waals surface area (Å²) >= 11 is 0. The van der Waals surface area contributed by atoms with E-state index in [2.05, 4.69) is 0 Å². The van der Waals surface area contributed by atoms with E-state index in [0.717, 1.165) is 12.8 Å². The topological polar surface area (TPSA) is 60.4 Å². The molecule has 0 amide bonds. The van der Waals surface area contributed by atoms with Gasteiger partial charge >= 0.3 is 0 Å². The van der Waals surface area contributed by atoms with Crippen molar-refractivity contribution in [2.75, 3.05) is 12.9 Å². The van der Waals surface area contributed by atoms with Crippen molar-refractivity contribution in [3.63, 3.8) is 0 Å². The van der Waals surface area contributed by atoms with Crippen LogP contribution in [0.25, 0.3) is 0 Å². The van der Waals surface area contributed by atoms with Crippen LogP contribution in [0, 0.1) is 5.92 Å². The zero-order chi connectivity index (χ0) is 12.5. The summed E-state index contributed by atoms with van der Waals surface area (Å²) in [5, 5.41) is 0. The minimum atomic E-state index is -3.49. The number of carbonyl (C=O) groups is 1. The molecule has 17 heavy (non-hydrogen) atoms. The number of ether oxygens (including phenoxy) is 1. The highest BCUT2D eigenvalue weighted by Crippen LogP contribution is 2.31. The van der Waals surface area contributed by atoms with E-state index < -0.39 is 9.84 Å². The van der Waals surface area contributed by atoms with Crippen LogP contribution in [0.15, 0.2) is 29.2 Å². The predicted molar refractivity (Wildman–Crippen MR) is 62.8 cm³/mol. The van der Waals surface area contributed by atoms with E-state index in [4.69, 9.17) is 4.74 Å². The van der Waals surface area contributed by atoms with E-state index in [1.807, 2.05) is 0 Å². The molecule has 0 bridgehead atoms. The second kappa shape index (κ2) is 4.49. The third kappa shape index (κ3) is 2.85. The molecule has 4 nitrogen and oxygen atoms in total. The van der Waals surface area contributed by atoms with E-state index in [1.54, 1.807) is 12.1 Å². The summed E-state index contributed by atoms with van der Waals surface area (Å²) in [6.07, 6.45) is 1.66. The fourth-order valence-electron chi connectivity index (χ4n) is 1.58. The smallest absolute Gasteiger partial charge is 0.185 e. The lowest BCUT2D eigenvalue weighted by atomic mass is 10.3. The van der Waals surface area contributed by atoms with Crippen molar-refractivity contribution in [3.05, 3.63) is 24.3 Å². The van der Waals surface area contributed by atoms with Crippen LogP contribution in [0.2, 0.25) is 0 Å². The van der Waals surface area contributed by atoms with Crippen molar-refractivity contribution in [2.45, 2.75) is 17.7 Å². The van der Waals surface area contributed by atoms with Gasteiger partial charge in [0.2, 0.25) is 0 Å². The number of hydrogen-bond donors (Lipinski definition) is 0. The molecule has 5 heteroatoms. The van der Waals surface area contributed by atoms with Gasteiger partial charge in [-0.05, 0) is 37.1 Å². The largest absolute Gasteiger partial charge is 0.497 e. The summed E-state index contributed by atoms with van der Waals surface area (Å²) in [5.41, 5.74) is 0. The third-order valence-corrected chi connectivity index (χ3v) is 4.44. The third-order valence-electron chi connectivity index (χ3n) is 2.78. The SMILES string of the molecule is COc1ccc(S(=O)(=O)CC(=O)C2CC2)cc1. The van der Waals surface area contributed by atoms with Gasteiger partial charge in [-0.1, -0.05) is 0 Å². The van der Waals surface area contributed by atoms with Crippen LogP contribution < -0.4 is 4.74 Å². The standard InChI is InChI=1S/C12H14O4S/c1-16-10-4-6-11(7-5-10)17(14,15)8-12(13)9-2-3-9/h4-7,9H,2-3,8H2,1H3. The van der Waals surface area contributed by atoms with Gasteiger partial charge in [-0.2, -0.15) is 0 Å². The number of methoxy groups -OCH3 is 1. The lowest BCUT2D eigenvalue weighted by Crippen LogP contribution is -2.17. The molecule has 1 fully saturated rings. The molecule has 0 heterocycles. The van der Waals surface area contributed by atoms with Gasteiger partial charge in [-0.15, -0.1) is 0 Å². The first kappa shape index (κ1) is 12.1. The monoisotopic (exact) mass is 254 g/mol. The Bertz CT molecular complexity index is 512. The normalized spacial score (nSPS) is 15.6. The van der Waals surface area contributed by atoms with Crippen molar-refractivity contribution in [1.82, 2.24) is 0 Å². The second-order valence-corrected chi connectivity index (χ2v) is 6.16. The Labute approximate surface area is 101 Å². The van der Waals surface area contributed by atoms with Gasteiger partial charge in [0.15, 0.2) is 15.6 Å². The fourth-order valence-corrected chi connectivity index (χ4v) is 2.90. The van der Waals surface area contributed by atoms with Crippen LogP contribution in [-0.2, 0) is 14.6 Å². The molecule has 0 radical (unpaired) electrons. The Kier molecular flexibility index (Phi) is 3.19. The Hall–Kier alpha value is -1.36. The highest BCUT2D eigenvalue weighted by atomic mass is 32.2. The van der Waals surface area contributed by atoms with Gasteiger partial charge in [-0.3, -0.25) is 4.79 Å². The van der Waals surface area contributed by atoms with Crippen LogP contribution in [-0.4, -0.2) is 27.1 Å². The van der Waals surface area contributed by atoms with Crippen molar-refractivity contribution in [2.24, 2.45) is 5.92 Å². The van der Waals surface area contributed by atoms with Crippen molar-refractivity contribution >= 4 is 15.6 Å². The van der Waals surface area contributed by atoms with E-state index in [9.17, 15) is 13.2 Å². The molecule has 2 rings (SSSR count). The van der Waals surface area contributed by atoms with Crippen molar-refractivity contribution < 1.29 is 17.9 Å².